The summed E-state index contributed by atoms with van der Waals surface area (Å²) in [6.07, 6.45) is -4.25. The van der Waals surface area contributed by atoms with Crippen molar-refractivity contribution < 1.29 is 22.6 Å². The summed E-state index contributed by atoms with van der Waals surface area (Å²) in [6, 6.07) is 10.7. The summed E-state index contributed by atoms with van der Waals surface area (Å²) in [4.78, 5) is 7.43. The first-order valence-corrected chi connectivity index (χ1v) is 10.7. The van der Waals surface area contributed by atoms with E-state index < -0.39 is 11.9 Å². The van der Waals surface area contributed by atoms with Crippen LogP contribution in [0.3, 0.4) is 0 Å². The molecule has 0 unspecified atom stereocenters. The molecule has 9 heteroatoms. The highest BCUT2D eigenvalue weighted by atomic mass is 35.5. The van der Waals surface area contributed by atoms with Gasteiger partial charge in [0.05, 0.1) is 26.1 Å². The lowest BCUT2D eigenvalue weighted by Crippen LogP contribution is -2.41. The Kier molecular flexibility index (Phi) is 7.55. The molecule has 1 heterocycles. The Balaban J connectivity index is 2.04. The largest absolute Gasteiger partial charge is 0.494 e. The molecule has 0 amide bonds. The van der Waals surface area contributed by atoms with Crippen molar-refractivity contribution in [2.45, 2.75) is 18.0 Å². The van der Waals surface area contributed by atoms with E-state index in [-0.39, 0.29) is 0 Å². The van der Waals surface area contributed by atoms with E-state index in [1.54, 1.807) is 31.2 Å². The first kappa shape index (κ1) is 22.8. The first-order chi connectivity index (χ1) is 14.3. The Labute approximate surface area is 183 Å². The third kappa shape index (κ3) is 6.06. The fourth-order valence-corrected chi connectivity index (χ4v) is 3.95. The minimum absolute atomic E-state index is 0.476. The molecule has 1 aliphatic heterocycles. The lowest BCUT2D eigenvalue weighted by atomic mass is 10.1. The molecule has 162 valence electrons. The monoisotopic (exact) mass is 458 g/mol. The maximum atomic E-state index is 12.7. The SMILES string of the molecule is COc1cc(C)c(SCC(F)(F)F)cc1/N=C(\c1ccc(Cl)cc1)N1CCOCC1. The lowest BCUT2D eigenvalue weighted by Gasteiger charge is -2.30. The molecule has 0 aliphatic carbocycles. The summed E-state index contributed by atoms with van der Waals surface area (Å²) in [7, 11) is 1.52. The second kappa shape index (κ2) is 9.94. The van der Waals surface area contributed by atoms with Gasteiger partial charge in [-0.25, -0.2) is 4.99 Å². The highest BCUT2D eigenvalue weighted by molar-refractivity contribution is 7.99. The van der Waals surface area contributed by atoms with Crippen LogP contribution in [-0.4, -0.2) is 56.1 Å². The third-order valence-corrected chi connectivity index (χ3v) is 5.98. The molecule has 0 spiro atoms. The number of ether oxygens (including phenoxy) is 2. The van der Waals surface area contributed by atoms with Gasteiger partial charge in [-0.05, 0) is 48.9 Å². The predicted molar refractivity (Wildman–Crippen MR) is 115 cm³/mol. The molecular formula is C21H22ClF3N2O2S. The van der Waals surface area contributed by atoms with Gasteiger partial charge < -0.3 is 14.4 Å². The van der Waals surface area contributed by atoms with E-state index in [0.717, 1.165) is 17.3 Å². The Morgan fingerprint density at radius 1 is 1.20 bits per heavy atom. The van der Waals surface area contributed by atoms with Gasteiger partial charge in [0, 0.05) is 28.6 Å². The number of methoxy groups -OCH3 is 1. The molecule has 0 radical (unpaired) electrons. The molecule has 30 heavy (non-hydrogen) atoms. The average Bonchev–Trinajstić information content (AvgIpc) is 2.72. The quantitative estimate of drug-likeness (QED) is 0.326. The molecule has 1 aliphatic rings. The van der Waals surface area contributed by atoms with Crippen LogP contribution < -0.4 is 4.74 Å². The first-order valence-electron chi connectivity index (χ1n) is 9.32. The van der Waals surface area contributed by atoms with Crippen molar-refractivity contribution >= 4 is 34.9 Å². The molecule has 0 aromatic heterocycles. The van der Waals surface area contributed by atoms with Crippen LogP contribution in [-0.2, 0) is 4.74 Å². The normalized spacial score (nSPS) is 15.4. The third-order valence-electron chi connectivity index (χ3n) is 4.51. The van der Waals surface area contributed by atoms with Crippen LogP contribution in [0.4, 0.5) is 18.9 Å². The van der Waals surface area contributed by atoms with Gasteiger partial charge in [-0.2, -0.15) is 13.2 Å². The summed E-state index contributed by atoms with van der Waals surface area (Å²) >= 11 is 6.78. The average molecular weight is 459 g/mol. The van der Waals surface area contributed by atoms with Crippen LogP contribution in [0.2, 0.25) is 5.02 Å². The molecule has 0 N–H and O–H groups in total. The smallest absolute Gasteiger partial charge is 0.398 e. The molecule has 1 saturated heterocycles. The number of thioether (sulfide) groups is 1. The number of benzene rings is 2. The van der Waals surface area contributed by atoms with Crippen molar-refractivity contribution in [2.75, 3.05) is 39.2 Å². The summed E-state index contributed by atoms with van der Waals surface area (Å²) in [5.74, 6) is 0.240. The van der Waals surface area contributed by atoms with Gasteiger partial charge in [0.1, 0.15) is 17.3 Å². The van der Waals surface area contributed by atoms with Crippen LogP contribution in [0.25, 0.3) is 0 Å². The standard InChI is InChI=1S/C21H22ClF3N2O2S/c1-14-11-18(28-2)17(12-19(14)30-13-21(23,24)25)26-20(27-7-9-29-10-8-27)15-3-5-16(22)6-4-15/h3-6,11-12H,7-10,13H2,1-2H3/b26-20+. The van der Waals surface area contributed by atoms with E-state index in [9.17, 15) is 13.2 Å². The van der Waals surface area contributed by atoms with E-state index in [1.165, 1.54) is 7.11 Å². The predicted octanol–water partition coefficient (Wildman–Crippen LogP) is 5.72. The van der Waals surface area contributed by atoms with Gasteiger partial charge in [0.25, 0.3) is 0 Å². The zero-order chi connectivity index (χ0) is 21.7. The van der Waals surface area contributed by atoms with Crippen molar-refractivity contribution in [3.63, 3.8) is 0 Å². The minimum atomic E-state index is -4.25. The number of alkyl halides is 3. The van der Waals surface area contributed by atoms with Crippen LogP contribution >= 0.6 is 23.4 Å². The fourth-order valence-electron chi connectivity index (χ4n) is 3.02. The van der Waals surface area contributed by atoms with Gasteiger partial charge in [-0.3, -0.25) is 0 Å². The summed E-state index contributed by atoms with van der Waals surface area (Å²) in [5.41, 5.74) is 2.04. The van der Waals surface area contributed by atoms with E-state index >= 15 is 0 Å². The van der Waals surface area contributed by atoms with Crippen LogP contribution in [0, 0.1) is 6.92 Å². The molecule has 0 bridgehead atoms. The second-order valence-corrected chi connectivity index (χ2v) is 8.19. The molecule has 2 aromatic rings. The van der Waals surface area contributed by atoms with Crippen LogP contribution in [0.15, 0.2) is 46.3 Å². The summed E-state index contributed by atoms with van der Waals surface area (Å²) in [6.45, 7) is 4.22. The number of nitrogens with zero attached hydrogens (tertiary/aromatic N) is 2. The van der Waals surface area contributed by atoms with E-state index in [2.05, 4.69) is 4.90 Å². The highest BCUT2D eigenvalue weighted by Gasteiger charge is 2.28. The zero-order valence-corrected chi connectivity index (χ0v) is 18.2. The molecular weight excluding hydrogens is 437 g/mol. The fraction of sp³-hybridized carbons (Fsp3) is 0.381. The van der Waals surface area contributed by atoms with Gasteiger partial charge in [-0.15, -0.1) is 11.8 Å². The number of aliphatic imine (C=N–C) groups is 1. The van der Waals surface area contributed by atoms with Crippen molar-refractivity contribution in [3.05, 3.63) is 52.5 Å². The van der Waals surface area contributed by atoms with Gasteiger partial charge in [0.15, 0.2) is 0 Å². The van der Waals surface area contributed by atoms with E-state index in [0.29, 0.717) is 59.1 Å². The number of halogens is 4. The van der Waals surface area contributed by atoms with Crippen LogP contribution in [0.1, 0.15) is 11.1 Å². The topological polar surface area (TPSA) is 34.1 Å². The zero-order valence-electron chi connectivity index (χ0n) is 16.6. The van der Waals surface area contributed by atoms with Crippen molar-refractivity contribution in [2.24, 2.45) is 4.99 Å². The number of hydrogen-bond acceptors (Lipinski definition) is 4. The molecule has 1 fully saturated rings. The number of hydrogen-bond donors (Lipinski definition) is 0. The highest BCUT2D eigenvalue weighted by Crippen LogP contribution is 2.38. The Bertz CT molecular complexity index is 898. The number of aryl methyl sites for hydroxylation is 1. The summed E-state index contributed by atoms with van der Waals surface area (Å²) < 4.78 is 49.1. The molecule has 3 rings (SSSR count). The van der Waals surface area contributed by atoms with Crippen molar-refractivity contribution in [1.82, 2.24) is 4.90 Å². The number of rotatable bonds is 5. The minimum Gasteiger partial charge on any atom is -0.494 e. The van der Waals surface area contributed by atoms with E-state index in [4.69, 9.17) is 26.1 Å². The van der Waals surface area contributed by atoms with Crippen molar-refractivity contribution in [1.29, 1.82) is 0 Å². The Hall–Kier alpha value is -1.90. The Morgan fingerprint density at radius 3 is 2.47 bits per heavy atom. The maximum Gasteiger partial charge on any atom is 0.398 e. The van der Waals surface area contributed by atoms with E-state index in [1.807, 2.05) is 12.1 Å². The second-order valence-electron chi connectivity index (χ2n) is 6.74. The van der Waals surface area contributed by atoms with Gasteiger partial charge >= 0.3 is 6.18 Å². The molecule has 0 saturated carbocycles. The van der Waals surface area contributed by atoms with Crippen LogP contribution in [0.5, 0.6) is 5.75 Å². The lowest BCUT2D eigenvalue weighted by molar-refractivity contribution is -0.105. The molecule has 2 aromatic carbocycles. The van der Waals surface area contributed by atoms with Gasteiger partial charge in [-0.1, -0.05) is 11.6 Å². The molecule has 0 atom stereocenters. The van der Waals surface area contributed by atoms with Crippen molar-refractivity contribution in [3.8, 4) is 5.75 Å². The number of amidine groups is 1. The Morgan fingerprint density at radius 2 is 1.87 bits per heavy atom. The maximum absolute atomic E-state index is 12.7. The summed E-state index contributed by atoms with van der Waals surface area (Å²) in [5, 5.41) is 0.610. The van der Waals surface area contributed by atoms with Gasteiger partial charge in [0.2, 0.25) is 0 Å². The number of morpholine rings is 1. The molecule has 4 nitrogen and oxygen atoms in total.